The minimum atomic E-state index is -1.36. The Morgan fingerprint density at radius 2 is 2.11 bits per heavy atom. The molecule has 0 heterocycles. The monoisotopic (exact) mass is 260 g/mol. The summed E-state index contributed by atoms with van der Waals surface area (Å²) in [4.78, 5) is 11.8. The quantitative estimate of drug-likeness (QED) is 0.284. The van der Waals surface area contributed by atoms with Crippen LogP contribution in [0.1, 0.15) is 39.5 Å². The van der Waals surface area contributed by atoms with Crippen molar-refractivity contribution in [2.45, 2.75) is 45.8 Å². The van der Waals surface area contributed by atoms with Crippen LogP contribution >= 0.6 is 0 Å². The molecule has 0 saturated heterocycles. The van der Waals surface area contributed by atoms with Gasteiger partial charge >= 0.3 is 6.30 Å². The summed E-state index contributed by atoms with van der Waals surface area (Å²) in [5, 5.41) is 2.73. The number of nitrogens with two attached hydrogens (primary N) is 1. The van der Waals surface area contributed by atoms with Crippen LogP contribution in [0.15, 0.2) is 0 Å². The second-order valence-electron chi connectivity index (χ2n) is 4.50. The van der Waals surface area contributed by atoms with Gasteiger partial charge < -0.3 is 11.1 Å². The summed E-state index contributed by atoms with van der Waals surface area (Å²) >= 11 is 0. The minimum Gasteiger partial charge on any atom is -0.355 e. The van der Waals surface area contributed by atoms with E-state index in [0.717, 1.165) is 25.7 Å². The maximum atomic E-state index is 14.1. The zero-order valence-corrected chi connectivity index (χ0v) is 11.8. The standard InChI is InChI=1S/C13H26FN3O/c1-4-6-8-16-13(18)11(10-15)12(14)17(3)9-7-5-2/h9,11-12H,4-8,10,15H2,1-3H3/p+1/b17-9-. The lowest BCUT2D eigenvalue weighted by Crippen LogP contribution is -2.44. The number of rotatable bonds is 9. The summed E-state index contributed by atoms with van der Waals surface area (Å²) < 4.78 is 15.5. The summed E-state index contributed by atoms with van der Waals surface area (Å²) in [6.07, 6.45) is 4.06. The molecule has 0 aromatic rings. The second-order valence-corrected chi connectivity index (χ2v) is 4.50. The highest BCUT2D eigenvalue weighted by Gasteiger charge is 2.33. The number of unbranched alkanes of at least 4 members (excludes halogenated alkanes) is 2. The lowest BCUT2D eigenvalue weighted by Gasteiger charge is -2.16. The Morgan fingerprint density at radius 1 is 1.44 bits per heavy atom. The van der Waals surface area contributed by atoms with Crippen LogP contribution in [0.3, 0.4) is 0 Å². The maximum Gasteiger partial charge on any atom is 0.306 e. The molecule has 1 amide bonds. The third kappa shape index (κ3) is 6.10. The van der Waals surface area contributed by atoms with E-state index in [-0.39, 0.29) is 12.5 Å². The Balaban J connectivity index is 4.41. The first-order valence-electron chi connectivity index (χ1n) is 6.75. The van der Waals surface area contributed by atoms with E-state index in [0.29, 0.717) is 6.54 Å². The van der Waals surface area contributed by atoms with Gasteiger partial charge in [-0.25, -0.2) is 4.58 Å². The van der Waals surface area contributed by atoms with Crippen molar-refractivity contribution in [2.24, 2.45) is 11.7 Å². The number of carbonyl (C=O) groups is 1. The van der Waals surface area contributed by atoms with Crippen molar-refractivity contribution in [3.63, 3.8) is 0 Å². The average molecular weight is 260 g/mol. The van der Waals surface area contributed by atoms with Gasteiger partial charge in [0.15, 0.2) is 0 Å². The van der Waals surface area contributed by atoms with E-state index in [1.54, 1.807) is 13.3 Å². The van der Waals surface area contributed by atoms with Crippen LogP contribution in [0.25, 0.3) is 0 Å². The predicted octanol–water partition coefficient (Wildman–Crippen LogP) is 1.29. The van der Waals surface area contributed by atoms with E-state index in [1.807, 2.05) is 13.8 Å². The van der Waals surface area contributed by atoms with Crippen molar-refractivity contribution < 1.29 is 13.8 Å². The van der Waals surface area contributed by atoms with Gasteiger partial charge in [-0.15, -0.1) is 0 Å². The smallest absolute Gasteiger partial charge is 0.306 e. The Hall–Kier alpha value is -0.970. The SMILES string of the molecule is CCC/C=[N+](/C)C(F)C(CN)C(=O)NCCCC. The molecule has 0 saturated carbocycles. The summed E-state index contributed by atoms with van der Waals surface area (Å²) in [5.74, 6) is -1.10. The zero-order chi connectivity index (χ0) is 14.0. The molecule has 0 radical (unpaired) electrons. The Labute approximate surface area is 109 Å². The van der Waals surface area contributed by atoms with Crippen molar-refractivity contribution in [2.75, 3.05) is 20.1 Å². The van der Waals surface area contributed by atoms with Gasteiger partial charge in [0.2, 0.25) is 5.91 Å². The number of carbonyl (C=O) groups excluding carboxylic acids is 1. The number of hydrogen-bond donors (Lipinski definition) is 2. The molecule has 106 valence electrons. The summed E-state index contributed by atoms with van der Waals surface area (Å²) in [7, 11) is 1.64. The molecule has 18 heavy (non-hydrogen) atoms. The van der Waals surface area contributed by atoms with Crippen molar-refractivity contribution >= 4 is 12.1 Å². The third-order valence-corrected chi connectivity index (χ3v) is 2.85. The molecular formula is C13H27FN3O+. The van der Waals surface area contributed by atoms with Crippen LogP contribution in [0, 0.1) is 5.92 Å². The van der Waals surface area contributed by atoms with Crippen molar-refractivity contribution in [1.82, 2.24) is 5.32 Å². The van der Waals surface area contributed by atoms with E-state index in [9.17, 15) is 9.18 Å². The third-order valence-electron chi connectivity index (χ3n) is 2.85. The Bertz CT molecular complexity index is 269. The van der Waals surface area contributed by atoms with E-state index in [4.69, 9.17) is 5.73 Å². The van der Waals surface area contributed by atoms with Crippen molar-refractivity contribution in [3.05, 3.63) is 0 Å². The molecule has 0 spiro atoms. The number of hydrogen-bond acceptors (Lipinski definition) is 2. The zero-order valence-electron chi connectivity index (χ0n) is 11.8. The first-order valence-corrected chi connectivity index (χ1v) is 6.75. The number of amides is 1. The minimum absolute atomic E-state index is 0.0173. The molecule has 4 nitrogen and oxygen atoms in total. The molecular weight excluding hydrogens is 233 g/mol. The van der Waals surface area contributed by atoms with Gasteiger partial charge in [-0.1, -0.05) is 20.3 Å². The Kier molecular flexibility index (Phi) is 9.46. The summed E-state index contributed by atoms with van der Waals surface area (Å²) in [5.41, 5.74) is 5.50. The number of nitrogens with one attached hydrogen (secondary N) is 1. The van der Waals surface area contributed by atoms with Crippen LogP contribution in [0.2, 0.25) is 0 Å². The highest BCUT2D eigenvalue weighted by molar-refractivity contribution is 5.79. The van der Waals surface area contributed by atoms with Gasteiger partial charge in [0.1, 0.15) is 19.2 Å². The predicted molar refractivity (Wildman–Crippen MR) is 72.5 cm³/mol. The van der Waals surface area contributed by atoms with Crippen molar-refractivity contribution in [3.8, 4) is 0 Å². The highest BCUT2D eigenvalue weighted by Crippen LogP contribution is 2.08. The number of nitrogens with zero attached hydrogens (tertiary/aromatic N) is 1. The van der Waals surface area contributed by atoms with Gasteiger partial charge in [-0.3, -0.25) is 4.79 Å². The molecule has 0 bridgehead atoms. The molecule has 0 rings (SSSR count). The van der Waals surface area contributed by atoms with Crippen molar-refractivity contribution in [1.29, 1.82) is 0 Å². The normalized spacial score (nSPS) is 15.3. The molecule has 2 atom stereocenters. The van der Waals surface area contributed by atoms with Crippen LogP contribution < -0.4 is 11.1 Å². The molecule has 0 aromatic heterocycles. The molecule has 5 heteroatoms. The summed E-state index contributed by atoms with van der Waals surface area (Å²) in [6.45, 7) is 4.66. The molecule has 0 aromatic carbocycles. The van der Waals surface area contributed by atoms with Gasteiger partial charge in [-0.05, 0) is 12.8 Å². The fourth-order valence-electron chi connectivity index (χ4n) is 1.58. The first kappa shape index (κ1) is 17.0. The highest BCUT2D eigenvalue weighted by atomic mass is 19.1. The van der Waals surface area contributed by atoms with Gasteiger partial charge in [0.25, 0.3) is 0 Å². The topological polar surface area (TPSA) is 58.1 Å². The lowest BCUT2D eigenvalue weighted by atomic mass is 10.1. The lowest BCUT2D eigenvalue weighted by molar-refractivity contribution is -0.571. The van der Waals surface area contributed by atoms with E-state index >= 15 is 0 Å². The first-order chi connectivity index (χ1) is 8.58. The second kappa shape index (κ2) is 10.00. The largest absolute Gasteiger partial charge is 0.355 e. The van der Waals surface area contributed by atoms with Gasteiger partial charge in [-0.2, -0.15) is 4.39 Å². The number of halogens is 1. The van der Waals surface area contributed by atoms with Crippen LogP contribution in [-0.2, 0) is 4.79 Å². The molecule has 0 aliphatic heterocycles. The maximum absolute atomic E-state index is 14.1. The molecule has 2 unspecified atom stereocenters. The van der Waals surface area contributed by atoms with E-state index < -0.39 is 12.2 Å². The van der Waals surface area contributed by atoms with Crippen LogP contribution in [0.5, 0.6) is 0 Å². The van der Waals surface area contributed by atoms with Gasteiger partial charge in [0.05, 0.1) is 0 Å². The van der Waals surface area contributed by atoms with E-state index in [2.05, 4.69) is 5.32 Å². The van der Waals surface area contributed by atoms with Gasteiger partial charge in [0, 0.05) is 19.5 Å². The Morgan fingerprint density at radius 3 is 2.61 bits per heavy atom. The fourth-order valence-corrected chi connectivity index (χ4v) is 1.58. The molecule has 3 N–H and O–H groups in total. The van der Waals surface area contributed by atoms with Crippen LogP contribution in [-0.4, -0.2) is 43.1 Å². The fraction of sp³-hybridized carbons (Fsp3) is 0.846. The average Bonchev–Trinajstić information content (AvgIpc) is 2.36. The number of alkyl halides is 1. The molecule has 0 fully saturated rings. The van der Waals surface area contributed by atoms with E-state index in [1.165, 1.54) is 4.58 Å². The van der Waals surface area contributed by atoms with Crippen LogP contribution in [0.4, 0.5) is 4.39 Å². The molecule has 0 aliphatic rings. The summed E-state index contributed by atoms with van der Waals surface area (Å²) in [6, 6.07) is 0. The molecule has 0 aliphatic carbocycles.